The number of hydrogen-bond donors (Lipinski definition) is 1. The largest absolute Gasteiger partial charge is 0.481 e. The van der Waals surface area contributed by atoms with Gasteiger partial charge < -0.3 is 9.84 Å². The summed E-state index contributed by atoms with van der Waals surface area (Å²) in [6.07, 6.45) is 23.1. The molecule has 0 aromatic rings. The van der Waals surface area contributed by atoms with Crippen molar-refractivity contribution in [3.63, 3.8) is 0 Å². The highest BCUT2D eigenvalue weighted by atomic mass is 16.5. The van der Waals surface area contributed by atoms with E-state index in [2.05, 4.69) is 48.5 Å². The molecule has 0 radical (unpaired) electrons. The van der Waals surface area contributed by atoms with Crippen LogP contribution in [0.3, 0.4) is 0 Å². The van der Waals surface area contributed by atoms with Crippen LogP contribution in [0.5, 0.6) is 0 Å². The fourth-order valence-corrected chi connectivity index (χ4v) is 5.12. The summed E-state index contributed by atoms with van der Waals surface area (Å²) in [7, 11) is 0. The highest BCUT2D eigenvalue weighted by molar-refractivity contribution is 5.74. The number of esters is 1. The minimum absolute atomic E-state index is 0.00731. The normalized spacial score (nSPS) is 13.6. The third-order valence-corrected chi connectivity index (χ3v) is 8.12. The van der Waals surface area contributed by atoms with Gasteiger partial charge in [0.2, 0.25) is 0 Å². The smallest absolute Gasteiger partial charge is 0.309 e. The van der Waals surface area contributed by atoms with Crippen LogP contribution in [0.15, 0.2) is 0 Å². The Hall–Kier alpha value is -1.06. The molecule has 39 heavy (non-hydrogen) atoms. The molecule has 0 saturated carbocycles. The number of aliphatic carboxylic acids is 1. The van der Waals surface area contributed by atoms with E-state index in [1.165, 1.54) is 64.2 Å². The molecule has 2 unspecified atom stereocenters. The van der Waals surface area contributed by atoms with Crippen LogP contribution in [0.1, 0.15) is 190 Å². The SMILES string of the molecule is CCCCC(CC)(CCCCCCCC(C)C)C(=O)O.CCCCCC(CC)OC(=O)CCCCCC(C)C. The van der Waals surface area contributed by atoms with Gasteiger partial charge in [0.25, 0.3) is 0 Å². The van der Waals surface area contributed by atoms with Gasteiger partial charge in [0, 0.05) is 6.42 Å². The molecule has 1 N–H and O–H groups in total. The maximum atomic E-state index is 11.7. The minimum Gasteiger partial charge on any atom is -0.481 e. The van der Waals surface area contributed by atoms with E-state index in [1.807, 2.05) is 6.92 Å². The molecule has 0 rings (SSSR count). The molecular formula is C35H70O4. The summed E-state index contributed by atoms with van der Waals surface area (Å²) in [5.41, 5.74) is -0.450. The van der Waals surface area contributed by atoms with Crippen molar-refractivity contribution >= 4 is 11.9 Å². The van der Waals surface area contributed by atoms with E-state index in [1.54, 1.807) is 0 Å². The summed E-state index contributed by atoms with van der Waals surface area (Å²) >= 11 is 0. The first-order chi connectivity index (χ1) is 18.6. The Morgan fingerprint density at radius 3 is 1.62 bits per heavy atom. The molecule has 4 heteroatoms. The summed E-state index contributed by atoms with van der Waals surface area (Å²) < 4.78 is 5.53. The van der Waals surface area contributed by atoms with Crippen molar-refractivity contribution in [1.29, 1.82) is 0 Å². The van der Waals surface area contributed by atoms with Crippen LogP contribution in [0.2, 0.25) is 0 Å². The van der Waals surface area contributed by atoms with Crippen LogP contribution in [0.4, 0.5) is 0 Å². The van der Waals surface area contributed by atoms with Gasteiger partial charge in [0.1, 0.15) is 6.10 Å². The summed E-state index contributed by atoms with van der Waals surface area (Å²) in [5, 5.41) is 9.55. The third kappa shape index (κ3) is 24.5. The Morgan fingerprint density at radius 2 is 1.13 bits per heavy atom. The van der Waals surface area contributed by atoms with E-state index in [0.29, 0.717) is 6.42 Å². The van der Waals surface area contributed by atoms with Crippen LogP contribution in [0, 0.1) is 17.3 Å². The van der Waals surface area contributed by atoms with E-state index < -0.39 is 11.4 Å². The lowest BCUT2D eigenvalue weighted by Crippen LogP contribution is -2.30. The standard InChI is InChI=1S/C18H36O2.C17H34O2/c1-5-7-14-18(6-2,17(19)20)15-12-10-8-9-11-13-16(3)4;1-5-7-9-13-16(6-2)19-17(18)14-11-8-10-12-15(3)4/h16H,5-15H2,1-4H3,(H,19,20);15-16H,5-14H2,1-4H3. The summed E-state index contributed by atoms with van der Waals surface area (Å²) in [6.45, 7) is 17.5. The van der Waals surface area contributed by atoms with Crippen molar-refractivity contribution < 1.29 is 19.4 Å². The number of carboxylic acids is 1. The average molecular weight is 555 g/mol. The molecule has 0 fully saturated rings. The van der Waals surface area contributed by atoms with Gasteiger partial charge in [-0.2, -0.15) is 0 Å². The lowest BCUT2D eigenvalue weighted by Gasteiger charge is -2.28. The average Bonchev–Trinajstić information content (AvgIpc) is 2.89. The van der Waals surface area contributed by atoms with Crippen molar-refractivity contribution in [3.05, 3.63) is 0 Å². The Morgan fingerprint density at radius 1 is 0.641 bits per heavy atom. The maximum Gasteiger partial charge on any atom is 0.309 e. The first kappa shape index (κ1) is 40.1. The van der Waals surface area contributed by atoms with Crippen molar-refractivity contribution in [2.45, 2.75) is 196 Å². The highest BCUT2D eigenvalue weighted by Crippen LogP contribution is 2.35. The van der Waals surface area contributed by atoms with Gasteiger partial charge in [-0.25, -0.2) is 0 Å². The van der Waals surface area contributed by atoms with Gasteiger partial charge in [0.05, 0.1) is 5.41 Å². The number of hydrogen-bond acceptors (Lipinski definition) is 3. The van der Waals surface area contributed by atoms with Crippen molar-refractivity contribution in [1.82, 2.24) is 0 Å². The molecule has 0 aliphatic carbocycles. The highest BCUT2D eigenvalue weighted by Gasteiger charge is 2.35. The second kappa shape index (κ2) is 27.1. The second-order valence-corrected chi connectivity index (χ2v) is 12.8. The first-order valence-electron chi connectivity index (χ1n) is 17.0. The molecule has 0 aliphatic heterocycles. The zero-order valence-corrected chi connectivity index (χ0v) is 27.8. The molecule has 0 saturated heterocycles. The Kier molecular flexibility index (Phi) is 27.9. The van der Waals surface area contributed by atoms with E-state index in [4.69, 9.17) is 4.74 Å². The van der Waals surface area contributed by atoms with Crippen molar-refractivity contribution in [2.75, 3.05) is 0 Å². The molecule has 0 aromatic carbocycles. The molecule has 0 aliphatic rings. The number of rotatable bonds is 25. The van der Waals surface area contributed by atoms with Crippen LogP contribution < -0.4 is 0 Å². The van der Waals surface area contributed by atoms with E-state index in [-0.39, 0.29) is 12.1 Å². The fourth-order valence-electron chi connectivity index (χ4n) is 5.12. The summed E-state index contributed by atoms with van der Waals surface area (Å²) in [4.78, 5) is 23.3. The van der Waals surface area contributed by atoms with Crippen molar-refractivity contribution in [3.8, 4) is 0 Å². The van der Waals surface area contributed by atoms with Crippen LogP contribution in [-0.4, -0.2) is 23.1 Å². The van der Waals surface area contributed by atoms with E-state index >= 15 is 0 Å². The Labute approximate surface area is 244 Å². The van der Waals surface area contributed by atoms with Gasteiger partial charge in [-0.05, 0) is 56.8 Å². The topological polar surface area (TPSA) is 63.6 Å². The quantitative estimate of drug-likeness (QED) is 0.0900. The van der Waals surface area contributed by atoms with Gasteiger partial charge in [-0.3, -0.25) is 9.59 Å². The van der Waals surface area contributed by atoms with Gasteiger partial charge in [0.15, 0.2) is 0 Å². The molecule has 2 atom stereocenters. The summed E-state index contributed by atoms with van der Waals surface area (Å²) in [6, 6.07) is 0. The number of carboxylic acid groups (broad SMARTS) is 1. The molecule has 0 aromatic heterocycles. The number of carbonyl (C=O) groups excluding carboxylic acids is 1. The molecular weight excluding hydrogens is 484 g/mol. The third-order valence-electron chi connectivity index (χ3n) is 8.12. The van der Waals surface area contributed by atoms with Crippen LogP contribution in [0.25, 0.3) is 0 Å². The molecule has 0 heterocycles. The van der Waals surface area contributed by atoms with Gasteiger partial charge >= 0.3 is 11.9 Å². The zero-order valence-electron chi connectivity index (χ0n) is 27.8. The summed E-state index contributed by atoms with van der Waals surface area (Å²) in [5.74, 6) is 1.01. The Balaban J connectivity index is 0. The van der Waals surface area contributed by atoms with E-state index in [0.717, 1.165) is 76.0 Å². The molecule has 0 bridgehead atoms. The molecule has 4 nitrogen and oxygen atoms in total. The second-order valence-electron chi connectivity index (χ2n) is 12.8. The molecule has 234 valence electrons. The maximum absolute atomic E-state index is 11.7. The van der Waals surface area contributed by atoms with Crippen molar-refractivity contribution in [2.24, 2.45) is 17.3 Å². The predicted octanol–water partition coefficient (Wildman–Crippen LogP) is 11.5. The van der Waals surface area contributed by atoms with Gasteiger partial charge in [-0.15, -0.1) is 0 Å². The first-order valence-corrected chi connectivity index (χ1v) is 17.0. The molecule has 0 spiro atoms. The number of ether oxygens (including phenoxy) is 1. The number of unbranched alkanes of at least 4 members (excludes halogenated alkanes) is 9. The predicted molar refractivity (Wildman–Crippen MR) is 169 cm³/mol. The minimum atomic E-state index is -0.576. The van der Waals surface area contributed by atoms with E-state index in [9.17, 15) is 14.7 Å². The fraction of sp³-hybridized carbons (Fsp3) is 0.943. The van der Waals surface area contributed by atoms with Gasteiger partial charge in [-0.1, -0.05) is 139 Å². The monoisotopic (exact) mass is 555 g/mol. The van der Waals surface area contributed by atoms with Crippen LogP contribution in [-0.2, 0) is 14.3 Å². The number of carbonyl (C=O) groups is 2. The van der Waals surface area contributed by atoms with Crippen LogP contribution >= 0.6 is 0 Å². The lowest BCUT2D eigenvalue weighted by atomic mass is 9.76. The zero-order chi connectivity index (χ0) is 29.9. The lowest BCUT2D eigenvalue weighted by molar-refractivity contribution is -0.151. The Bertz CT molecular complexity index is 557. The molecule has 0 amide bonds.